The number of nitrogens with zero attached hydrogens (tertiary/aromatic N) is 2. The average molecular weight is 441 g/mol. The molecular formula is C26H17ClN2O3. The zero-order valence-electron chi connectivity index (χ0n) is 17.1. The molecule has 0 N–H and O–H groups in total. The Balaban J connectivity index is 1.71. The molecule has 2 amide bonds. The lowest BCUT2D eigenvalue weighted by molar-refractivity contribution is -0.112. The Morgan fingerprint density at radius 3 is 2.34 bits per heavy atom. The standard InChI is InChI=1S/C26H17ClN2O3/c1-32-19-11-12-23-16(14-19)13-17(24(27)28-23)15-22-20-9-5-6-10-21(20)25(30)29(26(22)31)18-7-3-2-4-8-18/h2-15H,1H3/b22-15-. The maximum absolute atomic E-state index is 13.5. The number of amides is 2. The van der Waals surface area contributed by atoms with Crippen LogP contribution in [0.1, 0.15) is 21.5 Å². The van der Waals surface area contributed by atoms with Crippen LogP contribution in [0.25, 0.3) is 22.6 Å². The van der Waals surface area contributed by atoms with E-state index in [0.717, 1.165) is 10.9 Å². The molecule has 0 unspecified atom stereocenters. The Kier molecular flexibility index (Phi) is 4.96. The number of fused-ring (bicyclic) bond motifs is 2. The second kappa shape index (κ2) is 7.94. The third kappa shape index (κ3) is 3.33. The zero-order chi connectivity index (χ0) is 22.2. The molecule has 0 atom stereocenters. The topological polar surface area (TPSA) is 59.5 Å². The lowest BCUT2D eigenvalue weighted by Gasteiger charge is -2.28. The monoisotopic (exact) mass is 440 g/mol. The highest BCUT2D eigenvalue weighted by atomic mass is 35.5. The van der Waals surface area contributed by atoms with E-state index >= 15 is 0 Å². The molecule has 0 fully saturated rings. The normalized spacial score (nSPS) is 14.7. The number of ether oxygens (including phenoxy) is 1. The van der Waals surface area contributed by atoms with Gasteiger partial charge >= 0.3 is 0 Å². The van der Waals surface area contributed by atoms with Gasteiger partial charge in [-0.1, -0.05) is 48.0 Å². The van der Waals surface area contributed by atoms with Gasteiger partial charge in [-0.05, 0) is 54.1 Å². The largest absolute Gasteiger partial charge is 0.497 e. The maximum atomic E-state index is 13.5. The Morgan fingerprint density at radius 1 is 0.875 bits per heavy atom. The lowest BCUT2D eigenvalue weighted by Crippen LogP contribution is -2.41. The van der Waals surface area contributed by atoms with Crippen LogP contribution in [-0.2, 0) is 4.79 Å². The first-order valence-electron chi connectivity index (χ1n) is 9.96. The fourth-order valence-electron chi connectivity index (χ4n) is 3.83. The summed E-state index contributed by atoms with van der Waals surface area (Å²) in [6.07, 6.45) is 1.69. The second-order valence-corrected chi connectivity index (χ2v) is 7.67. The highest BCUT2D eigenvalue weighted by Gasteiger charge is 2.35. The molecule has 4 aromatic rings. The number of carbonyl (C=O) groups excluding carboxylic acids is 2. The predicted octanol–water partition coefficient (Wildman–Crippen LogP) is 5.62. The lowest BCUT2D eigenvalue weighted by atomic mass is 9.91. The molecule has 1 aromatic heterocycles. The van der Waals surface area contributed by atoms with Crippen LogP contribution in [0.15, 0.2) is 78.9 Å². The van der Waals surface area contributed by atoms with Gasteiger partial charge in [0.1, 0.15) is 10.9 Å². The Labute approximate surface area is 189 Å². The number of rotatable bonds is 3. The number of hydrogen-bond donors (Lipinski definition) is 0. The summed E-state index contributed by atoms with van der Waals surface area (Å²) in [5.74, 6) is -0.0803. The average Bonchev–Trinajstić information content (AvgIpc) is 2.82. The number of carbonyl (C=O) groups is 2. The molecule has 6 heteroatoms. The molecule has 0 aliphatic carbocycles. The van der Waals surface area contributed by atoms with Gasteiger partial charge in [0, 0.05) is 22.1 Å². The molecule has 1 aliphatic rings. The first kappa shape index (κ1) is 20.0. The number of pyridine rings is 1. The van der Waals surface area contributed by atoms with E-state index in [4.69, 9.17) is 16.3 Å². The first-order chi connectivity index (χ1) is 15.6. The highest BCUT2D eigenvalue weighted by molar-refractivity contribution is 6.43. The van der Waals surface area contributed by atoms with Crippen molar-refractivity contribution < 1.29 is 14.3 Å². The van der Waals surface area contributed by atoms with E-state index in [1.165, 1.54) is 4.90 Å². The minimum atomic E-state index is -0.415. The summed E-state index contributed by atoms with van der Waals surface area (Å²) in [5, 5.41) is 1.09. The van der Waals surface area contributed by atoms with Crippen molar-refractivity contribution in [2.75, 3.05) is 12.0 Å². The first-order valence-corrected chi connectivity index (χ1v) is 10.3. The molecule has 0 saturated heterocycles. The number of hydrogen-bond acceptors (Lipinski definition) is 4. The van der Waals surface area contributed by atoms with Gasteiger partial charge in [-0.2, -0.15) is 0 Å². The third-order valence-electron chi connectivity index (χ3n) is 5.40. The molecule has 0 spiro atoms. The van der Waals surface area contributed by atoms with Crippen molar-refractivity contribution in [3.63, 3.8) is 0 Å². The second-order valence-electron chi connectivity index (χ2n) is 7.31. The van der Waals surface area contributed by atoms with Crippen LogP contribution in [0, 0.1) is 0 Å². The smallest absolute Gasteiger partial charge is 0.265 e. The van der Waals surface area contributed by atoms with Gasteiger partial charge in [0.15, 0.2) is 0 Å². The summed E-state index contributed by atoms with van der Waals surface area (Å²) >= 11 is 6.47. The van der Waals surface area contributed by atoms with Crippen LogP contribution in [0.2, 0.25) is 5.15 Å². The summed E-state index contributed by atoms with van der Waals surface area (Å²) in [6, 6.07) is 23.3. The van der Waals surface area contributed by atoms with E-state index in [1.54, 1.807) is 61.7 Å². The summed E-state index contributed by atoms with van der Waals surface area (Å²) in [7, 11) is 1.60. The van der Waals surface area contributed by atoms with Gasteiger partial charge in [0.05, 0.1) is 18.3 Å². The summed E-state index contributed by atoms with van der Waals surface area (Å²) in [4.78, 5) is 32.4. The molecule has 1 aliphatic heterocycles. The predicted molar refractivity (Wildman–Crippen MR) is 126 cm³/mol. The molecule has 3 aromatic carbocycles. The number of para-hydroxylation sites is 1. The van der Waals surface area contributed by atoms with Crippen LogP contribution < -0.4 is 9.64 Å². The van der Waals surface area contributed by atoms with E-state index < -0.39 is 5.91 Å². The molecule has 0 radical (unpaired) electrons. The van der Waals surface area contributed by atoms with Crippen molar-refractivity contribution >= 4 is 51.7 Å². The number of imide groups is 1. The summed E-state index contributed by atoms with van der Waals surface area (Å²) in [5.41, 5.74) is 3.19. The molecule has 32 heavy (non-hydrogen) atoms. The number of aromatic nitrogens is 1. The van der Waals surface area contributed by atoms with Crippen molar-refractivity contribution in [3.8, 4) is 5.75 Å². The summed E-state index contributed by atoms with van der Waals surface area (Å²) < 4.78 is 5.31. The van der Waals surface area contributed by atoms with E-state index in [0.29, 0.717) is 33.7 Å². The van der Waals surface area contributed by atoms with Gasteiger partial charge in [-0.3, -0.25) is 9.59 Å². The molecule has 0 bridgehead atoms. The van der Waals surface area contributed by atoms with Crippen molar-refractivity contribution in [1.82, 2.24) is 4.98 Å². The quantitative estimate of drug-likeness (QED) is 0.235. The fraction of sp³-hybridized carbons (Fsp3) is 0.0385. The van der Waals surface area contributed by atoms with Gasteiger partial charge < -0.3 is 4.74 Å². The molecule has 2 heterocycles. The molecule has 5 rings (SSSR count). The minimum Gasteiger partial charge on any atom is -0.497 e. The minimum absolute atomic E-state index is 0.267. The number of benzene rings is 3. The van der Waals surface area contributed by atoms with Crippen molar-refractivity contribution in [2.24, 2.45) is 0 Å². The maximum Gasteiger partial charge on any atom is 0.265 e. The molecule has 0 saturated carbocycles. The van der Waals surface area contributed by atoms with E-state index in [-0.39, 0.29) is 11.1 Å². The van der Waals surface area contributed by atoms with Crippen LogP contribution >= 0.6 is 11.6 Å². The van der Waals surface area contributed by atoms with Gasteiger partial charge in [0.25, 0.3) is 11.8 Å². The van der Waals surface area contributed by atoms with Crippen LogP contribution in [0.4, 0.5) is 5.69 Å². The highest BCUT2D eigenvalue weighted by Crippen LogP contribution is 2.35. The summed E-state index contributed by atoms with van der Waals surface area (Å²) in [6.45, 7) is 0. The zero-order valence-corrected chi connectivity index (χ0v) is 17.8. The van der Waals surface area contributed by atoms with Crippen LogP contribution in [0.5, 0.6) is 5.75 Å². The number of halogens is 1. The van der Waals surface area contributed by atoms with Crippen LogP contribution in [-0.4, -0.2) is 23.9 Å². The third-order valence-corrected chi connectivity index (χ3v) is 5.70. The van der Waals surface area contributed by atoms with Crippen molar-refractivity contribution in [2.45, 2.75) is 0 Å². The molecule has 156 valence electrons. The van der Waals surface area contributed by atoms with E-state index in [9.17, 15) is 9.59 Å². The van der Waals surface area contributed by atoms with E-state index in [2.05, 4.69) is 4.98 Å². The Bertz CT molecular complexity index is 1410. The van der Waals surface area contributed by atoms with Gasteiger partial charge in [-0.25, -0.2) is 9.88 Å². The SMILES string of the molecule is COc1ccc2nc(Cl)c(/C=C3\C(=O)N(c4ccccc4)C(=O)c4ccccc43)cc2c1. The molecular weight excluding hydrogens is 424 g/mol. The van der Waals surface area contributed by atoms with Gasteiger partial charge in [0.2, 0.25) is 0 Å². The van der Waals surface area contributed by atoms with Crippen molar-refractivity contribution in [3.05, 3.63) is 101 Å². The number of methoxy groups -OCH3 is 1. The fourth-order valence-corrected chi connectivity index (χ4v) is 4.04. The van der Waals surface area contributed by atoms with Crippen LogP contribution in [0.3, 0.4) is 0 Å². The Morgan fingerprint density at radius 2 is 1.59 bits per heavy atom. The van der Waals surface area contributed by atoms with Crippen molar-refractivity contribution in [1.29, 1.82) is 0 Å². The number of anilines is 1. The van der Waals surface area contributed by atoms with E-state index in [1.807, 2.05) is 30.3 Å². The van der Waals surface area contributed by atoms with Gasteiger partial charge in [-0.15, -0.1) is 0 Å². The Hall–Kier alpha value is -3.96. The molecule has 5 nitrogen and oxygen atoms in total.